The minimum absolute atomic E-state index is 0.0214. The van der Waals surface area contributed by atoms with Gasteiger partial charge in [0.25, 0.3) is 0 Å². The number of methoxy groups -OCH3 is 1. The summed E-state index contributed by atoms with van der Waals surface area (Å²) >= 11 is 0. The highest BCUT2D eigenvalue weighted by atomic mass is 16.5. The highest BCUT2D eigenvalue weighted by Gasteiger charge is 2.19. The molecule has 24 heavy (non-hydrogen) atoms. The molecule has 0 aromatic rings. The average Bonchev–Trinajstić information content (AvgIpc) is 3.05. The maximum atomic E-state index is 11.8. The van der Waals surface area contributed by atoms with Crippen LogP contribution in [0.5, 0.6) is 0 Å². The van der Waals surface area contributed by atoms with Gasteiger partial charge in [0, 0.05) is 47.5 Å². The van der Waals surface area contributed by atoms with Gasteiger partial charge in [0.1, 0.15) is 6.54 Å². The van der Waals surface area contributed by atoms with Crippen LogP contribution >= 0.6 is 0 Å². The predicted octanol–water partition coefficient (Wildman–Crippen LogP) is 0.852. The molecule has 0 saturated carbocycles. The van der Waals surface area contributed by atoms with Crippen LogP contribution in [-0.2, 0) is 14.3 Å². The Kier molecular flexibility index (Phi) is 9.07. The number of carbonyl (C=O) groups is 1. The van der Waals surface area contributed by atoms with Crippen molar-refractivity contribution in [3.63, 3.8) is 0 Å². The molecule has 2 N–H and O–H groups in total. The molecule has 1 aliphatic rings. The summed E-state index contributed by atoms with van der Waals surface area (Å²) in [5, 5.41) is 6.64. The van der Waals surface area contributed by atoms with Crippen molar-refractivity contribution in [3.05, 3.63) is 0 Å². The van der Waals surface area contributed by atoms with Gasteiger partial charge in [0.15, 0.2) is 5.96 Å². The van der Waals surface area contributed by atoms with E-state index >= 15 is 0 Å². The van der Waals surface area contributed by atoms with Crippen LogP contribution in [-0.4, -0.2) is 76.9 Å². The normalized spacial score (nSPS) is 18.5. The average molecular weight is 342 g/mol. The van der Waals surface area contributed by atoms with Gasteiger partial charge in [-0.25, -0.2) is 4.99 Å². The van der Waals surface area contributed by atoms with Crippen molar-refractivity contribution in [2.24, 2.45) is 10.4 Å². The van der Waals surface area contributed by atoms with Crippen LogP contribution in [0.15, 0.2) is 4.99 Å². The second kappa shape index (κ2) is 10.5. The Morgan fingerprint density at radius 3 is 2.71 bits per heavy atom. The summed E-state index contributed by atoms with van der Waals surface area (Å²) in [5.41, 5.74) is 0.0773. The van der Waals surface area contributed by atoms with Crippen LogP contribution < -0.4 is 10.6 Å². The second-order valence-electron chi connectivity index (χ2n) is 7.23. The molecular formula is C17H34N4O3. The van der Waals surface area contributed by atoms with Crippen LogP contribution in [0.3, 0.4) is 0 Å². The van der Waals surface area contributed by atoms with Gasteiger partial charge in [0.2, 0.25) is 5.91 Å². The fourth-order valence-corrected chi connectivity index (χ4v) is 2.27. The summed E-state index contributed by atoms with van der Waals surface area (Å²) in [7, 11) is 5.18. The Bertz CT molecular complexity index is 405. The molecule has 1 heterocycles. The van der Waals surface area contributed by atoms with Gasteiger partial charge < -0.3 is 25.0 Å². The second-order valence-corrected chi connectivity index (χ2v) is 7.23. The number of hydrogen-bond donors (Lipinski definition) is 2. The third-order valence-corrected chi connectivity index (χ3v) is 4.11. The molecule has 0 aromatic carbocycles. The van der Waals surface area contributed by atoms with E-state index in [2.05, 4.69) is 29.5 Å². The fourth-order valence-electron chi connectivity index (χ4n) is 2.27. The number of rotatable bonds is 9. The number of nitrogens with one attached hydrogen (secondary N) is 2. The largest absolute Gasteiger partial charge is 0.385 e. The SMILES string of the molecule is COCCC(C)(C)CNC(=NCC(=O)N(C)C)NCC1CCCO1. The molecule has 0 radical (unpaired) electrons. The maximum absolute atomic E-state index is 11.8. The standard InChI is InChI=1S/C17H34N4O3/c1-17(2,8-10-23-5)13-20-16(19-12-15(22)21(3)4)18-11-14-7-6-9-24-14/h14H,6-13H2,1-5H3,(H2,18,19,20). The molecule has 140 valence electrons. The zero-order valence-corrected chi connectivity index (χ0v) is 15.9. The summed E-state index contributed by atoms with van der Waals surface area (Å²) in [6.07, 6.45) is 3.35. The number of ether oxygens (including phenoxy) is 2. The summed E-state index contributed by atoms with van der Waals surface area (Å²) in [5.74, 6) is 0.637. The summed E-state index contributed by atoms with van der Waals surface area (Å²) in [6, 6.07) is 0. The number of carbonyl (C=O) groups excluding carboxylic acids is 1. The summed E-state index contributed by atoms with van der Waals surface area (Å²) in [4.78, 5) is 17.7. The fraction of sp³-hybridized carbons (Fsp3) is 0.882. The van der Waals surface area contributed by atoms with E-state index in [1.807, 2.05) is 0 Å². The minimum Gasteiger partial charge on any atom is -0.385 e. The molecule has 7 heteroatoms. The van der Waals surface area contributed by atoms with Crippen molar-refractivity contribution < 1.29 is 14.3 Å². The number of guanidine groups is 1. The van der Waals surface area contributed by atoms with Gasteiger partial charge in [-0.1, -0.05) is 13.8 Å². The molecule has 0 spiro atoms. The third kappa shape index (κ3) is 8.49. The molecule has 1 atom stereocenters. The monoisotopic (exact) mass is 342 g/mol. The lowest BCUT2D eigenvalue weighted by molar-refractivity contribution is -0.127. The van der Waals surface area contributed by atoms with E-state index in [0.717, 1.165) is 39.0 Å². The van der Waals surface area contributed by atoms with Gasteiger partial charge >= 0.3 is 0 Å². The van der Waals surface area contributed by atoms with E-state index in [4.69, 9.17) is 9.47 Å². The van der Waals surface area contributed by atoms with Gasteiger partial charge in [0.05, 0.1) is 6.10 Å². The topological polar surface area (TPSA) is 75.2 Å². The van der Waals surface area contributed by atoms with E-state index in [9.17, 15) is 4.79 Å². The van der Waals surface area contributed by atoms with Crippen molar-refractivity contribution in [2.45, 2.75) is 39.2 Å². The van der Waals surface area contributed by atoms with Gasteiger partial charge in [-0.2, -0.15) is 0 Å². The molecule has 0 bridgehead atoms. The molecule has 1 unspecified atom stereocenters. The molecule has 0 aliphatic carbocycles. The van der Waals surface area contributed by atoms with Gasteiger partial charge in [-0.15, -0.1) is 0 Å². The zero-order chi connectivity index (χ0) is 18.0. The summed E-state index contributed by atoms with van der Waals surface area (Å²) < 4.78 is 10.8. The predicted molar refractivity (Wildman–Crippen MR) is 96.2 cm³/mol. The van der Waals surface area contributed by atoms with Crippen molar-refractivity contribution >= 4 is 11.9 Å². The molecule has 1 fully saturated rings. The Morgan fingerprint density at radius 1 is 1.38 bits per heavy atom. The Hall–Kier alpha value is -1.34. The first kappa shape index (κ1) is 20.7. The van der Waals surface area contributed by atoms with E-state index < -0.39 is 0 Å². The van der Waals surface area contributed by atoms with E-state index in [-0.39, 0.29) is 24.0 Å². The molecule has 0 aromatic heterocycles. The zero-order valence-electron chi connectivity index (χ0n) is 15.9. The molecular weight excluding hydrogens is 308 g/mol. The van der Waals surface area contributed by atoms with Crippen LogP contribution in [0, 0.1) is 5.41 Å². The number of likely N-dealkylation sites (N-methyl/N-ethyl adjacent to an activating group) is 1. The molecule has 1 amide bonds. The van der Waals surface area contributed by atoms with E-state index in [0.29, 0.717) is 12.5 Å². The lowest BCUT2D eigenvalue weighted by Crippen LogP contribution is -2.45. The first-order valence-corrected chi connectivity index (χ1v) is 8.67. The Balaban J connectivity index is 2.54. The lowest BCUT2D eigenvalue weighted by atomic mass is 9.90. The van der Waals surface area contributed by atoms with Crippen molar-refractivity contribution in [1.82, 2.24) is 15.5 Å². The van der Waals surface area contributed by atoms with Crippen molar-refractivity contribution in [3.8, 4) is 0 Å². The number of hydrogen-bond acceptors (Lipinski definition) is 4. The Morgan fingerprint density at radius 2 is 2.12 bits per heavy atom. The number of amides is 1. The number of aliphatic imine (C=N–C) groups is 1. The van der Waals surface area contributed by atoms with Crippen LogP contribution in [0.1, 0.15) is 33.1 Å². The van der Waals surface area contributed by atoms with Gasteiger partial charge in [-0.05, 0) is 24.7 Å². The molecule has 1 saturated heterocycles. The van der Waals surface area contributed by atoms with Crippen LogP contribution in [0.4, 0.5) is 0 Å². The quantitative estimate of drug-likeness (QED) is 0.480. The molecule has 1 aliphatic heterocycles. The van der Waals surface area contributed by atoms with E-state index in [1.54, 1.807) is 26.1 Å². The maximum Gasteiger partial charge on any atom is 0.243 e. The number of nitrogens with zero attached hydrogens (tertiary/aromatic N) is 2. The third-order valence-electron chi connectivity index (χ3n) is 4.11. The lowest BCUT2D eigenvalue weighted by Gasteiger charge is -2.26. The highest BCUT2D eigenvalue weighted by Crippen LogP contribution is 2.18. The molecule has 1 rings (SSSR count). The van der Waals surface area contributed by atoms with Crippen molar-refractivity contribution in [1.29, 1.82) is 0 Å². The summed E-state index contributed by atoms with van der Waals surface area (Å²) in [6.45, 7) is 7.51. The molecule has 7 nitrogen and oxygen atoms in total. The highest BCUT2D eigenvalue weighted by molar-refractivity contribution is 5.84. The van der Waals surface area contributed by atoms with E-state index in [1.165, 1.54) is 0 Å². The Labute approximate surface area is 146 Å². The smallest absolute Gasteiger partial charge is 0.243 e. The first-order chi connectivity index (χ1) is 11.3. The van der Waals surface area contributed by atoms with Crippen molar-refractivity contribution in [2.75, 3.05) is 54.1 Å². The minimum atomic E-state index is -0.0214. The van der Waals surface area contributed by atoms with Crippen LogP contribution in [0.2, 0.25) is 0 Å². The van der Waals surface area contributed by atoms with Gasteiger partial charge in [-0.3, -0.25) is 4.79 Å². The van der Waals surface area contributed by atoms with Crippen LogP contribution in [0.25, 0.3) is 0 Å². The first-order valence-electron chi connectivity index (χ1n) is 8.67.